The largest absolute Gasteiger partial charge is 0.359 e. The number of nitrogens with zero attached hydrogens (tertiary/aromatic N) is 3. The predicted molar refractivity (Wildman–Crippen MR) is 68.1 cm³/mol. The first kappa shape index (κ1) is 11.8. The quantitative estimate of drug-likeness (QED) is 0.827. The van der Waals surface area contributed by atoms with Crippen molar-refractivity contribution in [2.24, 2.45) is 0 Å². The summed E-state index contributed by atoms with van der Waals surface area (Å²) in [5.41, 5.74) is 0. The first-order chi connectivity index (χ1) is 7.66. The van der Waals surface area contributed by atoms with Gasteiger partial charge in [-0.2, -0.15) is 4.37 Å². The van der Waals surface area contributed by atoms with Gasteiger partial charge in [0.1, 0.15) is 5.82 Å². The molecule has 1 saturated carbocycles. The Kier molecular flexibility index (Phi) is 3.76. The van der Waals surface area contributed by atoms with Crippen molar-refractivity contribution in [2.45, 2.75) is 38.6 Å². The molecule has 1 aliphatic rings. The molecule has 1 heterocycles. The highest BCUT2D eigenvalue weighted by molar-refractivity contribution is 7.09. The third-order valence-electron chi connectivity index (χ3n) is 2.87. The van der Waals surface area contributed by atoms with Crippen LogP contribution in [-0.4, -0.2) is 40.4 Å². The first-order valence-corrected chi connectivity index (χ1v) is 6.72. The third-order valence-corrected chi connectivity index (χ3v) is 3.56. The summed E-state index contributed by atoms with van der Waals surface area (Å²) < 4.78 is 4.32. The third kappa shape index (κ3) is 3.15. The van der Waals surface area contributed by atoms with Crippen LogP contribution in [0, 0.1) is 0 Å². The average Bonchev–Trinajstić information content (AvgIpc) is 2.98. The van der Waals surface area contributed by atoms with E-state index in [4.69, 9.17) is 0 Å². The van der Waals surface area contributed by atoms with E-state index < -0.39 is 0 Å². The van der Waals surface area contributed by atoms with Gasteiger partial charge < -0.3 is 10.2 Å². The summed E-state index contributed by atoms with van der Waals surface area (Å²) in [6, 6.07) is 0.836. The van der Waals surface area contributed by atoms with E-state index in [0.29, 0.717) is 5.92 Å². The number of aromatic nitrogens is 2. The molecule has 5 heteroatoms. The lowest BCUT2D eigenvalue weighted by Crippen LogP contribution is -2.26. The molecule has 0 bridgehead atoms. The van der Waals surface area contributed by atoms with E-state index in [9.17, 15) is 0 Å². The Hall–Kier alpha value is -0.680. The van der Waals surface area contributed by atoms with Crippen molar-refractivity contribution in [1.29, 1.82) is 0 Å². The monoisotopic (exact) mass is 240 g/mol. The topological polar surface area (TPSA) is 41.1 Å². The van der Waals surface area contributed by atoms with Gasteiger partial charge in [-0.15, -0.1) is 0 Å². The van der Waals surface area contributed by atoms with Crippen LogP contribution in [0.4, 0.5) is 5.13 Å². The molecule has 2 rings (SSSR count). The summed E-state index contributed by atoms with van der Waals surface area (Å²) in [5, 5.41) is 4.29. The van der Waals surface area contributed by atoms with Gasteiger partial charge in [0.25, 0.3) is 0 Å². The van der Waals surface area contributed by atoms with E-state index in [1.165, 1.54) is 24.4 Å². The number of nitrogens with one attached hydrogen (secondary N) is 1. The van der Waals surface area contributed by atoms with Gasteiger partial charge in [0.15, 0.2) is 0 Å². The summed E-state index contributed by atoms with van der Waals surface area (Å²) in [6.07, 6.45) is 2.74. The van der Waals surface area contributed by atoms with Gasteiger partial charge >= 0.3 is 0 Å². The van der Waals surface area contributed by atoms with Crippen molar-refractivity contribution in [3.8, 4) is 0 Å². The maximum atomic E-state index is 4.44. The summed E-state index contributed by atoms with van der Waals surface area (Å²) in [4.78, 5) is 6.86. The zero-order valence-electron chi connectivity index (χ0n) is 10.2. The Morgan fingerprint density at radius 3 is 2.81 bits per heavy atom. The molecular weight excluding hydrogens is 220 g/mol. The van der Waals surface area contributed by atoms with Crippen molar-refractivity contribution in [3.63, 3.8) is 0 Å². The highest BCUT2D eigenvalue weighted by atomic mass is 32.1. The second kappa shape index (κ2) is 5.10. The highest BCUT2D eigenvalue weighted by Crippen LogP contribution is 2.24. The molecule has 1 aliphatic carbocycles. The van der Waals surface area contributed by atoms with Crippen LogP contribution in [0.2, 0.25) is 0 Å². The van der Waals surface area contributed by atoms with Crippen LogP contribution in [0.25, 0.3) is 0 Å². The van der Waals surface area contributed by atoms with E-state index in [1.54, 1.807) is 0 Å². The van der Waals surface area contributed by atoms with Crippen LogP contribution in [-0.2, 0) is 0 Å². The second-order valence-electron chi connectivity index (χ2n) is 4.75. The van der Waals surface area contributed by atoms with Crippen LogP contribution in [0.15, 0.2) is 0 Å². The fourth-order valence-corrected chi connectivity index (χ4v) is 2.31. The molecule has 1 N–H and O–H groups in total. The Morgan fingerprint density at radius 2 is 2.25 bits per heavy atom. The SMILES string of the molecule is CC(C)c1nsc(NCCN(C)C2CC2)n1. The normalized spacial score (nSPS) is 16.1. The van der Waals surface area contributed by atoms with E-state index >= 15 is 0 Å². The van der Waals surface area contributed by atoms with E-state index in [2.05, 4.69) is 40.5 Å². The average molecular weight is 240 g/mol. The minimum Gasteiger partial charge on any atom is -0.359 e. The lowest BCUT2D eigenvalue weighted by atomic mass is 10.2. The molecule has 1 fully saturated rings. The van der Waals surface area contributed by atoms with Gasteiger partial charge in [-0.3, -0.25) is 0 Å². The molecule has 0 radical (unpaired) electrons. The summed E-state index contributed by atoms with van der Waals surface area (Å²) >= 11 is 1.46. The molecule has 90 valence electrons. The fourth-order valence-electron chi connectivity index (χ4n) is 1.58. The first-order valence-electron chi connectivity index (χ1n) is 5.94. The molecule has 0 saturated heterocycles. The standard InChI is InChI=1S/C11H20N4S/c1-8(2)10-13-11(16-14-10)12-6-7-15(3)9-4-5-9/h8-9H,4-7H2,1-3H3,(H,12,13,14). The van der Waals surface area contributed by atoms with Crippen LogP contribution >= 0.6 is 11.5 Å². The van der Waals surface area contributed by atoms with Gasteiger partial charge in [0.2, 0.25) is 5.13 Å². The number of hydrogen-bond acceptors (Lipinski definition) is 5. The molecule has 0 aliphatic heterocycles. The number of hydrogen-bond donors (Lipinski definition) is 1. The molecule has 0 spiro atoms. The zero-order chi connectivity index (χ0) is 11.5. The Bertz CT molecular complexity index is 332. The number of rotatable bonds is 6. The molecule has 0 atom stereocenters. The molecule has 16 heavy (non-hydrogen) atoms. The number of anilines is 1. The predicted octanol–water partition coefficient (Wildman–Crippen LogP) is 2.17. The van der Waals surface area contributed by atoms with Crippen molar-refractivity contribution in [1.82, 2.24) is 14.3 Å². The lowest BCUT2D eigenvalue weighted by molar-refractivity contribution is 0.337. The number of likely N-dealkylation sites (N-methyl/N-ethyl adjacent to an activating group) is 1. The summed E-state index contributed by atoms with van der Waals surface area (Å²) in [7, 11) is 2.19. The van der Waals surface area contributed by atoms with Crippen molar-refractivity contribution in [2.75, 3.05) is 25.5 Å². The van der Waals surface area contributed by atoms with Crippen LogP contribution in [0.1, 0.15) is 38.4 Å². The van der Waals surface area contributed by atoms with Crippen molar-refractivity contribution in [3.05, 3.63) is 5.82 Å². The fraction of sp³-hybridized carbons (Fsp3) is 0.818. The summed E-state index contributed by atoms with van der Waals surface area (Å²) in [6.45, 7) is 6.28. The minimum atomic E-state index is 0.418. The van der Waals surface area contributed by atoms with E-state index in [0.717, 1.165) is 30.1 Å². The summed E-state index contributed by atoms with van der Waals surface area (Å²) in [5.74, 6) is 1.36. The van der Waals surface area contributed by atoms with Crippen LogP contribution in [0.5, 0.6) is 0 Å². The highest BCUT2D eigenvalue weighted by Gasteiger charge is 2.25. The van der Waals surface area contributed by atoms with Gasteiger partial charge in [-0.25, -0.2) is 4.98 Å². The van der Waals surface area contributed by atoms with Gasteiger partial charge in [0, 0.05) is 36.6 Å². The Labute approximate surface area is 101 Å². The van der Waals surface area contributed by atoms with Gasteiger partial charge in [0.05, 0.1) is 0 Å². The molecule has 1 aromatic heterocycles. The van der Waals surface area contributed by atoms with Crippen LogP contribution in [0.3, 0.4) is 0 Å². The Balaban J connectivity index is 1.71. The van der Waals surface area contributed by atoms with Gasteiger partial charge in [-0.05, 0) is 19.9 Å². The van der Waals surface area contributed by atoms with Crippen molar-refractivity contribution < 1.29 is 0 Å². The Morgan fingerprint density at radius 1 is 1.50 bits per heavy atom. The maximum Gasteiger partial charge on any atom is 0.202 e. The minimum absolute atomic E-state index is 0.418. The van der Waals surface area contributed by atoms with Crippen molar-refractivity contribution >= 4 is 16.7 Å². The maximum absolute atomic E-state index is 4.44. The molecular formula is C11H20N4S. The molecule has 1 aromatic rings. The smallest absolute Gasteiger partial charge is 0.202 e. The van der Waals surface area contributed by atoms with E-state index in [1.807, 2.05) is 0 Å². The zero-order valence-corrected chi connectivity index (χ0v) is 11.0. The van der Waals surface area contributed by atoms with Gasteiger partial charge in [-0.1, -0.05) is 13.8 Å². The molecule has 4 nitrogen and oxygen atoms in total. The lowest BCUT2D eigenvalue weighted by Gasteiger charge is -2.15. The molecule has 0 amide bonds. The van der Waals surface area contributed by atoms with E-state index in [-0.39, 0.29) is 0 Å². The second-order valence-corrected chi connectivity index (χ2v) is 5.50. The molecule has 0 aromatic carbocycles. The van der Waals surface area contributed by atoms with Crippen LogP contribution < -0.4 is 5.32 Å². The molecule has 0 unspecified atom stereocenters.